The summed E-state index contributed by atoms with van der Waals surface area (Å²) in [6, 6.07) is 14.2. The first-order chi connectivity index (χ1) is 13.5. The highest BCUT2D eigenvalue weighted by atomic mass is 16.5. The van der Waals surface area contributed by atoms with Crippen LogP contribution in [0.15, 0.2) is 48.5 Å². The average Bonchev–Trinajstić information content (AvgIpc) is 2.69. The molecule has 0 fully saturated rings. The molecule has 2 rings (SSSR count). The van der Waals surface area contributed by atoms with Crippen molar-refractivity contribution in [1.29, 1.82) is 0 Å². The highest BCUT2D eigenvalue weighted by Crippen LogP contribution is 2.18. The summed E-state index contributed by atoms with van der Waals surface area (Å²) in [6.45, 7) is 6.58. The Balaban J connectivity index is 1.76. The third-order valence-corrected chi connectivity index (χ3v) is 3.74. The van der Waals surface area contributed by atoms with E-state index in [1.165, 1.54) is 0 Å². The third kappa shape index (κ3) is 6.83. The number of hydrogen-bond acceptors (Lipinski definition) is 5. The molecule has 28 heavy (non-hydrogen) atoms. The molecule has 2 amide bonds. The lowest BCUT2D eigenvalue weighted by Crippen LogP contribution is -2.47. The van der Waals surface area contributed by atoms with E-state index in [-0.39, 0.29) is 12.3 Å². The van der Waals surface area contributed by atoms with Crippen LogP contribution < -0.4 is 25.1 Å². The fourth-order valence-electron chi connectivity index (χ4n) is 2.37. The minimum absolute atomic E-state index is 0.140. The van der Waals surface area contributed by atoms with Crippen LogP contribution in [0.5, 0.6) is 17.2 Å². The molecule has 7 nitrogen and oxygen atoms in total. The van der Waals surface area contributed by atoms with Gasteiger partial charge in [-0.05, 0) is 62.7 Å². The zero-order valence-electron chi connectivity index (χ0n) is 16.4. The Morgan fingerprint density at radius 2 is 1.32 bits per heavy atom. The maximum atomic E-state index is 12.1. The van der Waals surface area contributed by atoms with Crippen molar-refractivity contribution < 1.29 is 23.8 Å². The predicted octanol–water partition coefficient (Wildman–Crippen LogP) is 2.64. The smallest absolute Gasteiger partial charge is 0.279 e. The standard InChI is InChI=1S/C21H26N2O5/c1-4-26-17-8-6-16(7-9-17)14-20(24)22-23-21(25)15(3)28-19-12-10-18(11-13-19)27-5-2/h6-13,15H,4-5,14H2,1-3H3,(H,22,24)(H,23,25). The van der Waals surface area contributed by atoms with Gasteiger partial charge in [-0.15, -0.1) is 0 Å². The summed E-state index contributed by atoms with van der Waals surface area (Å²) in [7, 11) is 0. The topological polar surface area (TPSA) is 85.9 Å². The van der Waals surface area contributed by atoms with Crippen molar-refractivity contribution in [1.82, 2.24) is 10.9 Å². The van der Waals surface area contributed by atoms with E-state index < -0.39 is 12.0 Å². The molecule has 0 aliphatic heterocycles. The van der Waals surface area contributed by atoms with Gasteiger partial charge in [0.05, 0.1) is 19.6 Å². The van der Waals surface area contributed by atoms with E-state index in [4.69, 9.17) is 14.2 Å². The van der Waals surface area contributed by atoms with E-state index in [1.54, 1.807) is 43.3 Å². The second-order valence-corrected chi connectivity index (χ2v) is 5.96. The average molecular weight is 386 g/mol. The number of hydrazine groups is 1. The fraction of sp³-hybridized carbons (Fsp3) is 0.333. The Kier molecular flexibility index (Phi) is 8.14. The van der Waals surface area contributed by atoms with E-state index in [1.807, 2.05) is 26.0 Å². The lowest BCUT2D eigenvalue weighted by Gasteiger charge is -2.15. The van der Waals surface area contributed by atoms with Crippen LogP contribution in [-0.4, -0.2) is 31.1 Å². The number of nitrogens with one attached hydrogen (secondary N) is 2. The molecule has 0 aliphatic carbocycles. The van der Waals surface area contributed by atoms with Crippen molar-refractivity contribution >= 4 is 11.8 Å². The molecule has 0 heterocycles. The maximum absolute atomic E-state index is 12.1. The van der Waals surface area contributed by atoms with Gasteiger partial charge in [0.1, 0.15) is 17.2 Å². The molecule has 0 radical (unpaired) electrons. The normalized spacial score (nSPS) is 11.2. The molecule has 0 bridgehead atoms. The summed E-state index contributed by atoms with van der Waals surface area (Å²) < 4.78 is 16.3. The molecule has 0 aromatic heterocycles. The molecular weight excluding hydrogens is 360 g/mol. The minimum atomic E-state index is -0.774. The second-order valence-electron chi connectivity index (χ2n) is 5.96. The van der Waals surface area contributed by atoms with Crippen LogP contribution in [0.1, 0.15) is 26.3 Å². The van der Waals surface area contributed by atoms with Crippen LogP contribution in [0.3, 0.4) is 0 Å². The van der Waals surface area contributed by atoms with Crippen molar-refractivity contribution in [3.63, 3.8) is 0 Å². The van der Waals surface area contributed by atoms with Gasteiger partial charge in [-0.25, -0.2) is 0 Å². The third-order valence-electron chi connectivity index (χ3n) is 3.74. The molecule has 0 spiro atoms. The van der Waals surface area contributed by atoms with Gasteiger partial charge in [-0.3, -0.25) is 20.4 Å². The molecule has 7 heteroatoms. The summed E-state index contributed by atoms with van der Waals surface area (Å²) in [4.78, 5) is 24.1. The van der Waals surface area contributed by atoms with Gasteiger partial charge in [0, 0.05) is 0 Å². The van der Waals surface area contributed by atoms with Gasteiger partial charge >= 0.3 is 0 Å². The van der Waals surface area contributed by atoms with Crippen LogP contribution in [0.4, 0.5) is 0 Å². The summed E-state index contributed by atoms with van der Waals surface area (Å²) in [5.41, 5.74) is 5.58. The number of carbonyl (C=O) groups excluding carboxylic acids is 2. The number of hydrogen-bond donors (Lipinski definition) is 2. The van der Waals surface area contributed by atoms with Crippen LogP contribution in [0, 0.1) is 0 Å². The quantitative estimate of drug-likeness (QED) is 0.647. The van der Waals surface area contributed by atoms with E-state index in [9.17, 15) is 9.59 Å². The summed E-state index contributed by atoms with van der Waals surface area (Å²) in [5.74, 6) is 1.24. The first-order valence-corrected chi connectivity index (χ1v) is 9.21. The van der Waals surface area contributed by atoms with Crippen LogP contribution in [-0.2, 0) is 16.0 Å². The number of benzene rings is 2. The summed E-state index contributed by atoms with van der Waals surface area (Å²) in [5, 5.41) is 0. The lowest BCUT2D eigenvalue weighted by atomic mass is 10.1. The van der Waals surface area contributed by atoms with Gasteiger partial charge in [0.2, 0.25) is 5.91 Å². The van der Waals surface area contributed by atoms with Gasteiger partial charge in [0.15, 0.2) is 6.10 Å². The Hall–Kier alpha value is -3.22. The SMILES string of the molecule is CCOc1ccc(CC(=O)NNC(=O)C(C)Oc2ccc(OCC)cc2)cc1. The number of rotatable bonds is 9. The zero-order chi connectivity index (χ0) is 20.4. The largest absolute Gasteiger partial charge is 0.494 e. The Labute approximate surface area is 165 Å². The Morgan fingerprint density at radius 3 is 1.86 bits per heavy atom. The fourth-order valence-corrected chi connectivity index (χ4v) is 2.37. The van der Waals surface area contributed by atoms with Gasteiger partial charge in [-0.2, -0.15) is 0 Å². The minimum Gasteiger partial charge on any atom is -0.494 e. The lowest BCUT2D eigenvalue weighted by molar-refractivity contribution is -0.132. The highest BCUT2D eigenvalue weighted by molar-refractivity contribution is 5.85. The zero-order valence-corrected chi connectivity index (χ0v) is 16.4. The molecule has 2 aromatic carbocycles. The predicted molar refractivity (Wildman–Crippen MR) is 105 cm³/mol. The second kappa shape index (κ2) is 10.8. The van der Waals surface area contributed by atoms with Gasteiger partial charge < -0.3 is 14.2 Å². The van der Waals surface area contributed by atoms with Crippen molar-refractivity contribution in [2.75, 3.05) is 13.2 Å². The first kappa shape index (κ1) is 21.1. The molecule has 0 saturated carbocycles. The monoisotopic (exact) mass is 386 g/mol. The molecule has 1 atom stereocenters. The molecule has 2 aromatic rings. The van der Waals surface area contributed by atoms with E-state index in [2.05, 4.69) is 10.9 Å². The molecule has 0 saturated heterocycles. The molecule has 150 valence electrons. The van der Waals surface area contributed by atoms with E-state index >= 15 is 0 Å². The van der Waals surface area contributed by atoms with Crippen LogP contribution >= 0.6 is 0 Å². The highest BCUT2D eigenvalue weighted by Gasteiger charge is 2.15. The van der Waals surface area contributed by atoms with Gasteiger partial charge in [-0.1, -0.05) is 12.1 Å². The van der Waals surface area contributed by atoms with E-state index in [0.29, 0.717) is 19.0 Å². The van der Waals surface area contributed by atoms with Crippen LogP contribution in [0.2, 0.25) is 0 Å². The van der Waals surface area contributed by atoms with E-state index in [0.717, 1.165) is 17.1 Å². The molecule has 1 unspecified atom stereocenters. The number of amides is 2. The Morgan fingerprint density at radius 1 is 0.821 bits per heavy atom. The molecular formula is C21H26N2O5. The van der Waals surface area contributed by atoms with Crippen molar-refractivity contribution in [2.45, 2.75) is 33.3 Å². The van der Waals surface area contributed by atoms with Gasteiger partial charge in [0.25, 0.3) is 5.91 Å². The summed E-state index contributed by atoms with van der Waals surface area (Å²) >= 11 is 0. The molecule has 2 N–H and O–H groups in total. The Bertz CT molecular complexity index is 759. The van der Waals surface area contributed by atoms with Crippen LogP contribution in [0.25, 0.3) is 0 Å². The van der Waals surface area contributed by atoms with Crippen molar-refractivity contribution in [2.24, 2.45) is 0 Å². The summed E-state index contributed by atoms with van der Waals surface area (Å²) in [6.07, 6.45) is -0.635. The maximum Gasteiger partial charge on any atom is 0.279 e. The number of ether oxygens (including phenoxy) is 3. The van der Waals surface area contributed by atoms with Crippen molar-refractivity contribution in [3.8, 4) is 17.2 Å². The van der Waals surface area contributed by atoms with Crippen molar-refractivity contribution in [3.05, 3.63) is 54.1 Å². The molecule has 0 aliphatic rings. The number of carbonyl (C=O) groups is 2. The first-order valence-electron chi connectivity index (χ1n) is 9.21.